The van der Waals surface area contributed by atoms with E-state index in [1.165, 1.54) is 7.11 Å². The Morgan fingerprint density at radius 2 is 1.86 bits per heavy atom. The number of nitrogens with one attached hydrogen (secondary N) is 1. The van der Waals surface area contributed by atoms with Crippen molar-refractivity contribution in [2.24, 2.45) is 0 Å². The molecule has 2 aromatic carbocycles. The second-order valence-electron chi connectivity index (χ2n) is 6.83. The molecule has 3 rings (SSSR count). The second kappa shape index (κ2) is 9.08. The normalized spacial score (nSPS) is 17.2. The van der Waals surface area contributed by atoms with Gasteiger partial charge in [0.25, 0.3) is 0 Å². The van der Waals surface area contributed by atoms with E-state index in [-0.39, 0.29) is 17.9 Å². The Labute approximate surface area is 170 Å². The summed E-state index contributed by atoms with van der Waals surface area (Å²) in [7, 11) is 1.37. The van der Waals surface area contributed by atoms with Crippen LogP contribution in [0.15, 0.2) is 48.5 Å². The molecule has 0 saturated carbocycles. The Balaban J connectivity index is 1.55. The van der Waals surface area contributed by atoms with Crippen molar-refractivity contribution < 1.29 is 14.3 Å². The highest BCUT2D eigenvalue weighted by molar-refractivity contribution is 6.33. The van der Waals surface area contributed by atoms with Gasteiger partial charge in [-0.05, 0) is 43.3 Å². The van der Waals surface area contributed by atoms with Gasteiger partial charge in [-0.25, -0.2) is 4.79 Å². The van der Waals surface area contributed by atoms with Gasteiger partial charge in [-0.3, -0.25) is 9.69 Å². The van der Waals surface area contributed by atoms with E-state index in [1.807, 2.05) is 24.3 Å². The zero-order chi connectivity index (χ0) is 20.1. The van der Waals surface area contributed by atoms with Crippen LogP contribution in [-0.2, 0) is 9.53 Å². The predicted molar refractivity (Wildman–Crippen MR) is 111 cm³/mol. The van der Waals surface area contributed by atoms with Crippen LogP contribution in [0.3, 0.4) is 0 Å². The zero-order valence-electron chi connectivity index (χ0n) is 16.0. The first-order chi connectivity index (χ1) is 13.5. The monoisotopic (exact) mass is 401 g/mol. The number of anilines is 2. The molecular weight excluding hydrogens is 378 g/mol. The Hall–Kier alpha value is -2.57. The van der Waals surface area contributed by atoms with Gasteiger partial charge in [0, 0.05) is 31.4 Å². The molecule has 7 heteroatoms. The molecule has 0 spiro atoms. The number of nitrogens with zero attached hydrogens (tertiary/aromatic N) is 2. The third kappa shape index (κ3) is 4.82. The summed E-state index contributed by atoms with van der Waals surface area (Å²) in [5.41, 5.74) is 2.22. The number of carbonyl (C=O) groups excluding carboxylic acids is 2. The Bertz CT molecular complexity index is 841. The van der Waals surface area contributed by atoms with Gasteiger partial charge in [0.05, 0.1) is 29.9 Å². The van der Waals surface area contributed by atoms with Crippen molar-refractivity contribution in [2.75, 3.05) is 43.5 Å². The lowest BCUT2D eigenvalue weighted by molar-refractivity contribution is -0.117. The molecule has 1 heterocycles. The summed E-state index contributed by atoms with van der Waals surface area (Å²) in [6, 6.07) is 14.8. The van der Waals surface area contributed by atoms with Gasteiger partial charge in [0.15, 0.2) is 0 Å². The van der Waals surface area contributed by atoms with Crippen LogP contribution in [-0.4, -0.2) is 56.1 Å². The summed E-state index contributed by atoms with van der Waals surface area (Å²) in [4.78, 5) is 28.4. The molecule has 0 radical (unpaired) electrons. The molecule has 1 atom stereocenters. The molecule has 1 fully saturated rings. The summed E-state index contributed by atoms with van der Waals surface area (Å²) in [5.74, 6) is -0.412. The first-order valence-corrected chi connectivity index (χ1v) is 9.57. The van der Waals surface area contributed by atoms with Crippen molar-refractivity contribution in [3.05, 3.63) is 59.1 Å². The minimum atomic E-state index is -0.339. The molecule has 1 aliphatic heterocycles. The van der Waals surface area contributed by atoms with E-state index in [0.29, 0.717) is 22.8 Å². The quantitative estimate of drug-likeness (QED) is 0.779. The fraction of sp³-hybridized carbons (Fsp3) is 0.333. The minimum absolute atomic E-state index is 0.0733. The van der Waals surface area contributed by atoms with E-state index < -0.39 is 0 Å². The van der Waals surface area contributed by atoms with Crippen LogP contribution in [0.4, 0.5) is 11.4 Å². The highest BCUT2D eigenvalue weighted by atomic mass is 35.5. The molecule has 1 amide bonds. The van der Waals surface area contributed by atoms with Crippen LogP contribution in [0, 0.1) is 0 Å². The number of piperazine rings is 1. The van der Waals surface area contributed by atoms with Crippen LogP contribution in [0.25, 0.3) is 0 Å². The molecule has 1 aliphatic rings. The molecule has 28 heavy (non-hydrogen) atoms. The van der Waals surface area contributed by atoms with Crippen molar-refractivity contribution in [1.29, 1.82) is 0 Å². The number of amides is 1. The molecule has 0 aromatic heterocycles. The van der Waals surface area contributed by atoms with Gasteiger partial charge in [-0.1, -0.05) is 23.7 Å². The third-order valence-electron chi connectivity index (χ3n) is 4.91. The van der Waals surface area contributed by atoms with E-state index >= 15 is 0 Å². The Morgan fingerprint density at radius 3 is 2.50 bits per heavy atom. The summed E-state index contributed by atoms with van der Waals surface area (Å²) in [6.45, 7) is 4.81. The van der Waals surface area contributed by atoms with Crippen molar-refractivity contribution >= 4 is 34.9 Å². The Morgan fingerprint density at radius 1 is 1.14 bits per heavy atom. The van der Waals surface area contributed by atoms with Gasteiger partial charge < -0.3 is 15.0 Å². The minimum Gasteiger partial charge on any atom is -0.465 e. The molecule has 6 nitrogen and oxygen atoms in total. The van der Waals surface area contributed by atoms with Gasteiger partial charge in [0.1, 0.15) is 0 Å². The zero-order valence-corrected chi connectivity index (χ0v) is 16.8. The number of methoxy groups -OCH3 is 1. The van der Waals surface area contributed by atoms with E-state index in [9.17, 15) is 9.59 Å². The van der Waals surface area contributed by atoms with Crippen molar-refractivity contribution in [1.82, 2.24) is 4.90 Å². The predicted octanol–water partition coefficient (Wildman–Crippen LogP) is 3.28. The molecule has 1 unspecified atom stereocenters. The van der Waals surface area contributed by atoms with Gasteiger partial charge in [-0.15, -0.1) is 0 Å². The number of para-hydroxylation sites is 1. The second-order valence-corrected chi connectivity index (χ2v) is 7.24. The standard InChI is InChI=1S/C21H24ClN3O3/c1-15-13-25(17-9-7-16(8-10-17)21(27)28-2)12-11-24(15)14-20(26)23-19-6-4-3-5-18(19)22/h3-10,15H,11-14H2,1-2H3,(H,23,26). The molecule has 0 aliphatic carbocycles. The molecule has 1 saturated heterocycles. The lowest BCUT2D eigenvalue weighted by Gasteiger charge is -2.40. The molecule has 0 bridgehead atoms. The number of ether oxygens (including phenoxy) is 1. The van der Waals surface area contributed by atoms with Crippen molar-refractivity contribution in [3.63, 3.8) is 0 Å². The number of hydrogen-bond donors (Lipinski definition) is 1. The maximum atomic E-state index is 12.4. The summed E-state index contributed by atoms with van der Waals surface area (Å²) in [6.07, 6.45) is 0. The number of benzene rings is 2. The summed E-state index contributed by atoms with van der Waals surface area (Å²) >= 11 is 6.10. The van der Waals surface area contributed by atoms with E-state index in [0.717, 1.165) is 25.3 Å². The smallest absolute Gasteiger partial charge is 0.337 e. The first-order valence-electron chi connectivity index (χ1n) is 9.19. The molecular formula is C21H24ClN3O3. The van der Waals surface area contributed by atoms with E-state index in [1.54, 1.807) is 24.3 Å². The number of esters is 1. The fourth-order valence-corrected chi connectivity index (χ4v) is 3.51. The Kier molecular flexibility index (Phi) is 6.54. The highest BCUT2D eigenvalue weighted by Crippen LogP contribution is 2.22. The fourth-order valence-electron chi connectivity index (χ4n) is 3.33. The third-order valence-corrected chi connectivity index (χ3v) is 5.24. The van der Waals surface area contributed by atoms with Crippen LogP contribution >= 0.6 is 11.6 Å². The lowest BCUT2D eigenvalue weighted by Crippen LogP contribution is -2.53. The molecule has 1 N–H and O–H groups in total. The van der Waals surface area contributed by atoms with Crippen LogP contribution in [0.2, 0.25) is 5.02 Å². The maximum absolute atomic E-state index is 12.4. The van der Waals surface area contributed by atoms with Gasteiger partial charge in [-0.2, -0.15) is 0 Å². The molecule has 2 aromatic rings. The van der Waals surface area contributed by atoms with Gasteiger partial charge >= 0.3 is 5.97 Å². The van der Waals surface area contributed by atoms with Crippen molar-refractivity contribution in [3.8, 4) is 0 Å². The lowest BCUT2D eigenvalue weighted by atomic mass is 10.1. The number of hydrogen-bond acceptors (Lipinski definition) is 5. The number of rotatable bonds is 5. The first kappa shape index (κ1) is 20.2. The number of carbonyl (C=O) groups is 2. The maximum Gasteiger partial charge on any atom is 0.337 e. The summed E-state index contributed by atoms with van der Waals surface area (Å²) < 4.78 is 4.73. The average molecular weight is 402 g/mol. The van der Waals surface area contributed by atoms with Gasteiger partial charge in [0.2, 0.25) is 5.91 Å². The van der Waals surface area contributed by atoms with E-state index in [4.69, 9.17) is 16.3 Å². The SMILES string of the molecule is COC(=O)c1ccc(N2CCN(CC(=O)Nc3ccccc3Cl)C(C)C2)cc1. The average Bonchev–Trinajstić information content (AvgIpc) is 2.71. The highest BCUT2D eigenvalue weighted by Gasteiger charge is 2.25. The summed E-state index contributed by atoms with van der Waals surface area (Å²) in [5, 5.41) is 3.40. The van der Waals surface area contributed by atoms with E-state index in [2.05, 4.69) is 22.0 Å². The largest absolute Gasteiger partial charge is 0.465 e. The van der Waals surface area contributed by atoms with Crippen molar-refractivity contribution in [2.45, 2.75) is 13.0 Å². The van der Waals surface area contributed by atoms with Crippen LogP contribution in [0.1, 0.15) is 17.3 Å². The van der Waals surface area contributed by atoms with Crippen LogP contribution in [0.5, 0.6) is 0 Å². The number of halogens is 1. The molecule has 148 valence electrons. The van der Waals surface area contributed by atoms with Crippen LogP contribution < -0.4 is 10.2 Å². The topological polar surface area (TPSA) is 61.9 Å².